The monoisotopic (exact) mass is 597 g/mol. The molecule has 0 unspecified atom stereocenters. The van der Waals surface area contributed by atoms with Gasteiger partial charge in [-0.3, -0.25) is 13.9 Å². The van der Waals surface area contributed by atoms with Gasteiger partial charge in [-0.15, -0.1) is 0 Å². The predicted octanol–water partition coefficient (Wildman–Crippen LogP) is 5.53. The van der Waals surface area contributed by atoms with Crippen LogP contribution in [0.5, 0.6) is 0 Å². The van der Waals surface area contributed by atoms with Crippen LogP contribution in [0.1, 0.15) is 36.1 Å². The van der Waals surface area contributed by atoms with Gasteiger partial charge in [0.1, 0.15) is 12.6 Å². The van der Waals surface area contributed by atoms with Gasteiger partial charge in [0.25, 0.3) is 10.0 Å². The second kappa shape index (κ2) is 14.6. The van der Waals surface area contributed by atoms with Crippen molar-refractivity contribution in [2.24, 2.45) is 0 Å². The van der Waals surface area contributed by atoms with E-state index in [2.05, 4.69) is 5.32 Å². The van der Waals surface area contributed by atoms with E-state index in [1.807, 2.05) is 87.5 Å². The van der Waals surface area contributed by atoms with Crippen LogP contribution in [0, 0.1) is 6.92 Å². The molecule has 0 saturated carbocycles. The molecule has 8 heteroatoms. The third kappa shape index (κ3) is 7.90. The highest BCUT2D eigenvalue weighted by atomic mass is 32.2. The number of hydrogen-bond donors (Lipinski definition) is 1. The smallest absolute Gasteiger partial charge is 0.264 e. The van der Waals surface area contributed by atoms with Crippen molar-refractivity contribution in [2.75, 3.05) is 17.4 Å². The summed E-state index contributed by atoms with van der Waals surface area (Å²) in [5, 5.41) is 2.89. The molecule has 2 amide bonds. The summed E-state index contributed by atoms with van der Waals surface area (Å²) in [5.74, 6) is -0.771. The van der Waals surface area contributed by atoms with E-state index in [-0.39, 0.29) is 23.8 Å². The Balaban J connectivity index is 1.79. The van der Waals surface area contributed by atoms with Gasteiger partial charge in [0, 0.05) is 19.5 Å². The van der Waals surface area contributed by atoms with Crippen LogP contribution in [-0.4, -0.2) is 44.3 Å². The third-order valence-electron chi connectivity index (χ3n) is 7.47. The van der Waals surface area contributed by atoms with Crippen molar-refractivity contribution < 1.29 is 18.0 Å². The first-order valence-corrected chi connectivity index (χ1v) is 16.0. The molecule has 43 heavy (non-hydrogen) atoms. The molecule has 0 bridgehead atoms. The zero-order valence-corrected chi connectivity index (χ0v) is 25.8. The molecule has 0 aliphatic carbocycles. The molecule has 0 aromatic heterocycles. The van der Waals surface area contributed by atoms with E-state index in [1.54, 1.807) is 30.3 Å². The van der Waals surface area contributed by atoms with E-state index in [9.17, 15) is 18.0 Å². The Morgan fingerprint density at radius 1 is 0.767 bits per heavy atom. The highest BCUT2D eigenvalue weighted by Gasteiger charge is 2.34. The molecule has 4 aromatic carbocycles. The molecular formula is C35H39N3O4S. The number of benzene rings is 4. The fraction of sp³-hybridized carbons (Fsp3) is 0.257. The van der Waals surface area contributed by atoms with Crippen molar-refractivity contribution in [2.45, 2.75) is 51.1 Å². The summed E-state index contributed by atoms with van der Waals surface area (Å²) in [6.45, 7) is 5.88. The van der Waals surface area contributed by atoms with E-state index in [4.69, 9.17) is 0 Å². The van der Waals surface area contributed by atoms with Gasteiger partial charge in [0.15, 0.2) is 0 Å². The molecule has 0 aliphatic rings. The first-order chi connectivity index (χ1) is 20.7. The van der Waals surface area contributed by atoms with Crippen LogP contribution < -0.4 is 9.62 Å². The lowest BCUT2D eigenvalue weighted by atomic mass is 10.0. The molecule has 0 spiro atoms. The van der Waals surface area contributed by atoms with Gasteiger partial charge in [0.05, 0.1) is 10.6 Å². The SMILES string of the molecule is CCNC(=O)[C@@H](Cc1ccccc1)N(Cc1ccccc1C)C(=O)CN(c1ccc(CC)cc1)S(=O)(=O)c1ccccc1. The van der Waals surface area contributed by atoms with Crippen LogP contribution in [0.15, 0.2) is 114 Å². The van der Waals surface area contributed by atoms with E-state index in [1.165, 1.54) is 17.0 Å². The van der Waals surface area contributed by atoms with Gasteiger partial charge in [0.2, 0.25) is 11.8 Å². The lowest BCUT2D eigenvalue weighted by Crippen LogP contribution is -2.53. The van der Waals surface area contributed by atoms with Crippen LogP contribution >= 0.6 is 0 Å². The number of carbonyl (C=O) groups excluding carboxylic acids is 2. The van der Waals surface area contributed by atoms with Crippen molar-refractivity contribution in [1.82, 2.24) is 10.2 Å². The number of hydrogen-bond acceptors (Lipinski definition) is 4. The summed E-state index contributed by atoms with van der Waals surface area (Å²) in [5.41, 5.74) is 4.17. The Morgan fingerprint density at radius 2 is 1.37 bits per heavy atom. The topological polar surface area (TPSA) is 86.8 Å². The van der Waals surface area contributed by atoms with Crippen molar-refractivity contribution in [3.8, 4) is 0 Å². The second-order valence-electron chi connectivity index (χ2n) is 10.4. The molecule has 7 nitrogen and oxygen atoms in total. The molecule has 4 aromatic rings. The highest BCUT2D eigenvalue weighted by molar-refractivity contribution is 7.92. The largest absolute Gasteiger partial charge is 0.355 e. The van der Waals surface area contributed by atoms with Crippen LogP contribution in [-0.2, 0) is 39.0 Å². The number of aryl methyl sites for hydroxylation is 2. The third-order valence-corrected chi connectivity index (χ3v) is 9.25. The first kappa shape index (κ1) is 31.5. The molecule has 0 saturated heterocycles. The van der Waals surface area contributed by atoms with E-state index in [0.717, 1.165) is 33.0 Å². The maximum absolute atomic E-state index is 14.4. The Bertz CT molecular complexity index is 1610. The van der Waals surface area contributed by atoms with Crippen molar-refractivity contribution >= 4 is 27.5 Å². The Kier molecular flexibility index (Phi) is 10.7. The molecule has 1 N–H and O–H groups in total. The fourth-order valence-corrected chi connectivity index (χ4v) is 6.40. The van der Waals surface area contributed by atoms with Crippen LogP contribution in [0.25, 0.3) is 0 Å². The number of rotatable bonds is 13. The van der Waals surface area contributed by atoms with Crippen LogP contribution in [0.4, 0.5) is 5.69 Å². The zero-order valence-electron chi connectivity index (χ0n) is 24.9. The minimum atomic E-state index is -4.11. The maximum atomic E-state index is 14.4. The van der Waals surface area contributed by atoms with Crippen molar-refractivity contribution in [1.29, 1.82) is 0 Å². The highest BCUT2D eigenvalue weighted by Crippen LogP contribution is 2.26. The number of likely N-dealkylation sites (N-methyl/N-ethyl adjacent to an activating group) is 1. The van der Waals surface area contributed by atoms with Gasteiger partial charge in [-0.05, 0) is 66.8 Å². The van der Waals surface area contributed by atoms with Crippen LogP contribution in [0.3, 0.4) is 0 Å². The van der Waals surface area contributed by atoms with E-state index < -0.39 is 28.5 Å². The van der Waals surface area contributed by atoms with Crippen molar-refractivity contribution in [3.63, 3.8) is 0 Å². The summed E-state index contributed by atoms with van der Waals surface area (Å²) >= 11 is 0. The molecule has 0 aliphatic heterocycles. The van der Waals surface area contributed by atoms with Crippen LogP contribution in [0.2, 0.25) is 0 Å². The molecule has 0 fully saturated rings. The van der Waals surface area contributed by atoms with E-state index in [0.29, 0.717) is 12.2 Å². The minimum Gasteiger partial charge on any atom is -0.355 e. The number of nitrogens with one attached hydrogen (secondary N) is 1. The Labute approximate surface area is 255 Å². The minimum absolute atomic E-state index is 0.0809. The van der Waals surface area contributed by atoms with E-state index >= 15 is 0 Å². The molecular weight excluding hydrogens is 558 g/mol. The molecule has 4 rings (SSSR count). The maximum Gasteiger partial charge on any atom is 0.264 e. The lowest BCUT2D eigenvalue weighted by Gasteiger charge is -2.34. The second-order valence-corrected chi connectivity index (χ2v) is 12.3. The lowest BCUT2D eigenvalue weighted by molar-refractivity contribution is -0.140. The number of carbonyl (C=O) groups is 2. The number of anilines is 1. The molecule has 224 valence electrons. The van der Waals surface area contributed by atoms with Gasteiger partial charge >= 0.3 is 0 Å². The Morgan fingerprint density at radius 3 is 1.98 bits per heavy atom. The van der Waals surface area contributed by atoms with Crippen molar-refractivity contribution in [3.05, 3.63) is 131 Å². The van der Waals surface area contributed by atoms with Gasteiger partial charge in [-0.2, -0.15) is 0 Å². The standard InChI is InChI=1S/C35H39N3O4S/c1-4-28-20-22-31(23-21-28)38(43(41,42)32-18-10-7-11-19-32)26-34(39)37(25-30-17-13-12-14-27(30)3)33(35(40)36-5-2)24-29-15-8-6-9-16-29/h6-23,33H,4-5,24-26H2,1-3H3,(H,36,40)/t33-/m1/s1. The summed E-state index contributed by atoms with van der Waals surface area (Å²) in [4.78, 5) is 29.6. The predicted molar refractivity (Wildman–Crippen MR) is 171 cm³/mol. The van der Waals surface area contributed by atoms with Gasteiger partial charge < -0.3 is 10.2 Å². The summed E-state index contributed by atoms with van der Waals surface area (Å²) < 4.78 is 29.2. The molecule has 0 heterocycles. The quantitative estimate of drug-likeness (QED) is 0.220. The Hall–Kier alpha value is -4.43. The number of sulfonamides is 1. The number of amides is 2. The zero-order chi connectivity index (χ0) is 30.8. The summed E-state index contributed by atoms with van der Waals surface area (Å²) in [6, 6.07) is 31.6. The summed E-state index contributed by atoms with van der Waals surface area (Å²) in [6.07, 6.45) is 1.07. The number of nitrogens with zero attached hydrogens (tertiary/aromatic N) is 2. The molecule has 0 radical (unpaired) electrons. The fourth-order valence-electron chi connectivity index (χ4n) is 4.96. The normalized spacial score (nSPS) is 11.9. The molecule has 1 atom stereocenters. The van der Waals surface area contributed by atoms with Gasteiger partial charge in [-0.25, -0.2) is 8.42 Å². The summed E-state index contributed by atoms with van der Waals surface area (Å²) in [7, 11) is -4.11. The average Bonchev–Trinajstić information content (AvgIpc) is 3.03. The first-order valence-electron chi connectivity index (χ1n) is 14.6. The average molecular weight is 598 g/mol. The van der Waals surface area contributed by atoms with Gasteiger partial charge in [-0.1, -0.05) is 91.9 Å².